The van der Waals surface area contributed by atoms with Crippen LogP contribution in [0.15, 0.2) is 24.3 Å². The third kappa shape index (κ3) is 2.66. The van der Waals surface area contributed by atoms with Crippen LogP contribution in [0.25, 0.3) is 0 Å². The van der Waals surface area contributed by atoms with E-state index in [2.05, 4.69) is 24.4 Å². The maximum absolute atomic E-state index is 12.8. The Morgan fingerprint density at radius 1 is 1.20 bits per heavy atom. The molecule has 20 heavy (non-hydrogen) atoms. The van der Waals surface area contributed by atoms with Gasteiger partial charge >= 0.3 is 6.03 Å². The first-order valence-electron chi connectivity index (χ1n) is 7.63. The van der Waals surface area contributed by atoms with Crippen LogP contribution in [-0.2, 0) is 6.54 Å². The largest absolute Gasteiger partial charge is 0.324 e. The van der Waals surface area contributed by atoms with Crippen LogP contribution in [0.4, 0.5) is 10.5 Å². The molecule has 2 amide bonds. The van der Waals surface area contributed by atoms with Crippen molar-refractivity contribution in [3.63, 3.8) is 0 Å². The number of benzene rings is 1. The minimum Gasteiger partial charge on any atom is -0.324 e. The third-order valence-corrected chi connectivity index (χ3v) is 4.24. The van der Waals surface area contributed by atoms with Gasteiger partial charge in [0.15, 0.2) is 0 Å². The zero-order valence-electron chi connectivity index (χ0n) is 12.1. The van der Waals surface area contributed by atoms with E-state index in [0.29, 0.717) is 6.04 Å². The third-order valence-electron chi connectivity index (χ3n) is 4.24. The van der Waals surface area contributed by atoms with E-state index < -0.39 is 0 Å². The molecular formula is C16H23N3O. The van der Waals surface area contributed by atoms with Crippen molar-refractivity contribution in [2.24, 2.45) is 0 Å². The van der Waals surface area contributed by atoms with Crippen LogP contribution < -0.4 is 10.2 Å². The predicted molar refractivity (Wildman–Crippen MR) is 80.9 cm³/mol. The highest BCUT2D eigenvalue weighted by molar-refractivity contribution is 5.93. The lowest BCUT2D eigenvalue weighted by Crippen LogP contribution is -2.48. The van der Waals surface area contributed by atoms with E-state index >= 15 is 0 Å². The van der Waals surface area contributed by atoms with Gasteiger partial charge < -0.3 is 10.2 Å². The molecule has 4 nitrogen and oxygen atoms in total. The second-order valence-corrected chi connectivity index (χ2v) is 5.85. The van der Waals surface area contributed by atoms with Gasteiger partial charge in [-0.1, -0.05) is 18.2 Å². The van der Waals surface area contributed by atoms with Gasteiger partial charge in [-0.2, -0.15) is 0 Å². The molecule has 0 bridgehead atoms. The van der Waals surface area contributed by atoms with Gasteiger partial charge in [-0.3, -0.25) is 4.90 Å². The van der Waals surface area contributed by atoms with Gasteiger partial charge in [-0.25, -0.2) is 4.79 Å². The number of urea groups is 1. The van der Waals surface area contributed by atoms with Crippen molar-refractivity contribution in [2.45, 2.75) is 38.8 Å². The van der Waals surface area contributed by atoms with Gasteiger partial charge in [0.2, 0.25) is 0 Å². The number of hydrogen-bond donors (Lipinski definition) is 1. The normalized spacial score (nSPS) is 23.1. The average molecular weight is 273 g/mol. The quantitative estimate of drug-likeness (QED) is 0.788. The predicted octanol–water partition coefficient (Wildman–Crippen LogP) is 2.59. The molecule has 3 rings (SSSR count). The summed E-state index contributed by atoms with van der Waals surface area (Å²) in [6.07, 6.45) is 3.52. The molecular weight excluding hydrogens is 250 g/mol. The Hall–Kier alpha value is -1.55. The summed E-state index contributed by atoms with van der Waals surface area (Å²) >= 11 is 0. The molecule has 1 fully saturated rings. The summed E-state index contributed by atoms with van der Waals surface area (Å²) in [5.41, 5.74) is 2.28. The number of carbonyl (C=O) groups excluding carboxylic acids is 1. The number of hydrogen-bond acceptors (Lipinski definition) is 2. The lowest BCUT2D eigenvalue weighted by Gasteiger charge is -2.33. The van der Waals surface area contributed by atoms with Gasteiger partial charge in [0.1, 0.15) is 0 Å². The number of nitrogens with zero attached hydrogens (tertiary/aromatic N) is 2. The standard InChI is InChI=1S/C16H23N3O/c1-13-12-19(16(20)18-9-5-2-6-10-18)15-8-4-3-7-14(15)11-17-13/h3-4,7-8,13,17H,2,5-6,9-12H2,1H3. The number of nitrogens with one attached hydrogen (secondary N) is 1. The van der Waals surface area contributed by atoms with Crippen LogP contribution in [0, 0.1) is 0 Å². The number of likely N-dealkylation sites (tertiary alicyclic amines) is 1. The average Bonchev–Trinajstić information content (AvgIpc) is 2.67. The number of anilines is 1. The van der Waals surface area contributed by atoms with Crippen molar-refractivity contribution in [2.75, 3.05) is 24.5 Å². The van der Waals surface area contributed by atoms with Crippen molar-refractivity contribution in [3.05, 3.63) is 29.8 Å². The minimum atomic E-state index is 0.174. The number of amides is 2. The molecule has 0 radical (unpaired) electrons. The van der Waals surface area contributed by atoms with Gasteiger partial charge in [0.25, 0.3) is 0 Å². The van der Waals surface area contributed by atoms with Gasteiger partial charge in [-0.05, 0) is 37.8 Å². The molecule has 2 aliphatic heterocycles. The van der Waals surface area contributed by atoms with Crippen LogP contribution in [0.2, 0.25) is 0 Å². The Balaban J connectivity index is 1.87. The minimum absolute atomic E-state index is 0.174. The first-order valence-corrected chi connectivity index (χ1v) is 7.63. The van der Waals surface area contributed by atoms with E-state index in [9.17, 15) is 4.79 Å². The number of carbonyl (C=O) groups is 1. The molecule has 2 aliphatic rings. The van der Waals surface area contributed by atoms with Crippen LogP contribution >= 0.6 is 0 Å². The monoisotopic (exact) mass is 273 g/mol. The zero-order valence-corrected chi connectivity index (χ0v) is 12.1. The lowest BCUT2D eigenvalue weighted by molar-refractivity contribution is 0.192. The van der Waals surface area contributed by atoms with Crippen molar-refractivity contribution in [1.29, 1.82) is 0 Å². The van der Waals surface area contributed by atoms with E-state index in [-0.39, 0.29) is 6.03 Å². The first-order chi connectivity index (χ1) is 9.75. The van der Waals surface area contributed by atoms with Crippen LogP contribution in [0.3, 0.4) is 0 Å². The SMILES string of the molecule is CC1CN(C(=O)N2CCCCC2)c2ccccc2CN1. The molecule has 108 valence electrons. The fraction of sp³-hybridized carbons (Fsp3) is 0.562. The van der Waals surface area contributed by atoms with Crippen molar-refractivity contribution in [3.8, 4) is 0 Å². The highest BCUT2D eigenvalue weighted by Gasteiger charge is 2.28. The summed E-state index contributed by atoms with van der Waals surface area (Å²) in [5.74, 6) is 0. The maximum Gasteiger partial charge on any atom is 0.324 e. The highest BCUT2D eigenvalue weighted by Crippen LogP contribution is 2.25. The first kappa shape index (κ1) is 13.4. The van der Waals surface area contributed by atoms with E-state index in [4.69, 9.17) is 0 Å². The van der Waals surface area contributed by atoms with Crippen LogP contribution in [-0.4, -0.2) is 36.6 Å². The molecule has 1 aromatic rings. The Morgan fingerprint density at radius 2 is 1.95 bits per heavy atom. The smallest absolute Gasteiger partial charge is 0.324 e. The lowest BCUT2D eigenvalue weighted by atomic mass is 10.1. The molecule has 0 aromatic heterocycles. The van der Waals surface area contributed by atoms with E-state index in [0.717, 1.165) is 44.7 Å². The van der Waals surface area contributed by atoms with Gasteiger partial charge in [0.05, 0.1) is 0 Å². The molecule has 4 heteroatoms. The Morgan fingerprint density at radius 3 is 2.75 bits per heavy atom. The highest BCUT2D eigenvalue weighted by atomic mass is 16.2. The number of rotatable bonds is 0. The number of piperidine rings is 1. The van der Waals surface area contributed by atoms with Crippen LogP contribution in [0.5, 0.6) is 0 Å². The summed E-state index contributed by atoms with van der Waals surface area (Å²) in [5, 5.41) is 3.48. The van der Waals surface area contributed by atoms with Crippen molar-refractivity contribution in [1.82, 2.24) is 10.2 Å². The molecule has 1 saturated heterocycles. The summed E-state index contributed by atoms with van der Waals surface area (Å²) < 4.78 is 0. The summed E-state index contributed by atoms with van der Waals surface area (Å²) in [7, 11) is 0. The van der Waals surface area contributed by atoms with Crippen molar-refractivity contribution < 1.29 is 4.79 Å². The second-order valence-electron chi connectivity index (χ2n) is 5.85. The Kier molecular flexibility index (Phi) is 3.92. The molecule has 1 N–H and O–H groups in total. The summed E-state index contributed by atoms with van der Waals surface area (Å²) in [6.45, 7) is 5.52. The fourth-order valence-electron chi connectivity index (χ4n) is 3.08. The molecule has 2 heterocycles. The molecule has 1 unspecified atom stereocenters. The zero-order chi connectivity index (χ0) is 13.9. The maximum atomic E-state index is 12.8. The van der Waals surface area contributed by atoms with E-state index in [1.54, 1.807) is 0 Å². The molecule has 0 saturated carbocycles. The molecule has 0 aliphatic carbocycles. The van der Waals surface area contributed by atoms with Gasteiger partial charge in [0, 0.05) is 37.9 Å². The van der Waals surface area contributed by atoms with Gasteiger partial charge in [-0.15, -0.1) is 0 Å². The van der Waals surface area contributed by atoms with E-state index in [1.807, 2.05) is 21.9 Å². The number of fused-ring (bicyclic) bond motifs is 1. The van der Waals surface area contributed by atoms with Crippen LogP contribution in [0.1, 0.15) is 31.7 Å². The molecule has 0 spiro atoms. The fourth-order valence-corrected chi connectivity index (χ4v) is 3.08. The summed E-state index contributed by atoms with van der Waals surface area (Å²) in [6, 6.07) is 8.72. The Labute approximate surface area is 120 Å². The number of para-hydroxylation sites is 1. The van der Waals surface area contributed by atoms with E-state index in [1.165, 1.54) is 12.0 Å². The summed E-state index contributed by atoms with van der Waals surface area (Å²) in [4.78, 5) is 16.8. The second kappa shape index (κ2) is 5.83. The Bertz CT molecular complexity index is 482. The molecule has 1 aromatic carbocycles. The molecule has 1 atom stereocenters. The van der Waals surface area contributed by atoms with Crippen molar-refractivity contribution >= 4 is 11.7 Å². The topological polar surface area (TPSA) is 35.6 Å².